The Labute approximate surface area is 112 Å². The zero-order valence-electron chi connectivity index (χ0n) is 10.8. The van der Waals surface area contributed by atoms with E-state index in [4.69, 9.17) is 5.11 Å². The fourth-order valence-electron chi connectivity index (χ4n) is 1.71. The quantitative estimate of drug-likeness (QED) is 0.560. The highest BCUT2D eigenvalue weighted by Gasteiger charge is 2.51. The normalized spacial score (nSPS) is 16.1. The van der Waals surface area contributed by atoms with Crippen molar-refractivity contribution in [3.63, 3.8) is 0 Å². The molecule has 18 heavy (non-hydrogen) atoms. The predicted octanol–water partition coefficient (Wildman–Crippen LogP) is 1.83. The summed E-state index contributed by atoms with van der Waals surface area (Å²) in [5, 5.41) is 14.1. The van der Waals surface area contributed by atoms with Gasteiger partial charge in [0.25, 0.3) is 0 Å². The van der Waals surface area contributed by atoms with E-state index in [0.717, 1.165) is 12.8 Å². The van der Waals surface area contributed by atoms with Gasteiger partial charge in [0.15, 0.2) is 0 Å². The number of thioether (sulfide) groups is 1. The molecule has 6 heteroatoms. The summed E-state index contributed by atoms with van der Waals surface area (Å²) < 4.78 is 0. The number of hydrogen-bond acceptors (Lipinski definition) is 3. The monoisotopic (exact) mass is 274 g/mol. The van der Waals surface area contributed by atoms with Crippen LogP contribution >= 0.6 is 11.8 Å². The standard InChI is InChI=1S/C12H22N2O3S/c1-18-9-5-3-2-4-8-13-11(17)14-12(6-7-12)10(15)16/h2-9H2,1H3,(H,15,16)(H2,13,14,17). The Balaban J connectivity index is 1.99. The first-order valence-electron chi connectivity index (χ1n) is 6.39. The second-order valence-corrected chi connectivity index (χ2v) is 5.66. The van der Waals surface area contributed by atoms with E-state index in [2.05, 4.69) is 16.9 Å². The molecule has 0 heterocycles. The molecule has 0 atom stereocenters. The highest BCUT2D eigenvalue weighted by Crippen LogP contribution is 2.35. The summed E-state index contributed by atoms with van der Waals surface area (Å²) in [6.07, 6.45) is 7.61. The average molecular weight is 274 g/mol. The van der Waals surface area contributed by atoms with E-state index < -0.39 is 11.5 Å². The van der Waals surface area contributed by atoms with Crippen molar-refractivity contribution >= 4 is 23.8 Å². The number of aliphatic carboxylic acids is 1. The Bertz CT molecular complexity index is 293. The van der Waals surface area contributed by atoms with Crippen molar-refractivity contribution in [3.05, 3.63) is 0 Å². The van der Waals surface area contributed by atoms with Gasteiger partial charge >= 0.3 is 12.0 Å². The summed E-state index contributed by atoms with van der Waals surface area (Å²) >= 11 is 1.85. The lowest BCUT2D eigenvalue weighted by Crippen LogP contribution is -2.48. The lowest BCUT2D eigenvalue weighted by Gasteiger charge is -2.13. The maximum atomic E-state index is 11.4. The molecule has 3 N–H and O–H groups in total. The third-order valence-electron chi connectivity index (χ3n) is 3.07. The number of unbranched alkanes of at least 4 members (excludes halogenated alkanes) is 3. The van der Waals surface area contributed by atoms with Gasteiger partial charge in [0.2, 0.25) is 0 Å². The molecule has 0 bridgehead atoms. The number of carboxylic acid groups (broad SMARTS) is 1. The number of hydrogen-bond donors (Lipinski definition) is 3. The molecule has 1 aliphatic carbocycles. The van der Waals surface area contributed by atoms with Gasteiger partial charge in [-0.3, -0.25) is 0 Å². The minimum atomic E-state index is -0.984. The smallest absolute Gasteiger partial charge is 0.329 e. The minimum absolute atomic E-state index is 0.362. The maximum Gasteiger partial charge on any atom is 0.329 e. The van der Waals surface area contributed by atoms with E-state index in [1.807, 2.05) is 11.8 Å². The van der Waals surface area contributed by atoms with Gasteiger partial charge in [-0.1, -0.05) is 12.8 Å². The van der Waals surface area contributed by atoms with Crippen molar-refractivity contribution in [2.45, 2.75) is 44.1 Å². The van der Waals surface area contributed by atoms with E-state index in [1.54, 1.807) is 0 Å². The van der Waals surface area contributed by atoms with Crippen molar-refractivity contribution in [2.75, 3.05) is 18.6 Å². The van der Waals surface area contributed by atoms with Crippen molar-refractivity contribution in [1.29, 1.82) is 0 Å². The molecule has 1 aliphatic rings. The number of carbonyl (C=O) groups excluding carboxylic acids is 1. The number of carboxylic acids is 1. The fraction of sp³-hybridized carbons (Fsp3) is 0.833. The van der Waals surface area contributed by atoms with Gasteiger partial charge in [-0.2, -0.15) is 11.8 Å². The largest absolute Gasteiger partial charge is 0.480 e. The molecule has 2 amide bonds. The summed E-state index contributed by atoms with van der Waals surface area (Å²) in [5.74, 6) is 0.254. The molecule has 0 spiro atoms. The van der Waals surface area contributed by atoms with Crippen LogP contribution in [0.15, 0.2) is 0 Å². The minimum Gasteiger partial charge on any atom is -0.480 e. The number of carbonyl (C=O) groups is 2. The number of urea groups is 1. The second kappa shape index (κ2) is 7.51. The van der Waals surface area contributed by atoms with Gasteiger partial charge in [-0.25, -0.2) is 9.59 Å². The van der Waals surface area contributed by atoms with Gasteiger partial charge in [0, 0.05) is 6.54 Å². The lowest BCUT2D eigenvalue weighted by atomic mass is 10.2. The van der Waals surface area contributed by atoms with E-state index in [9.17, 15) is 9.59 Å². The molecule has 0 aromatic carbocycles. The zero-order chi connectivity index (χ0) is 13.4. The van der Waals surface area contributed by atoms with Crippen LogP contribution < -0.4 is 10.6 Å². The Morgan fingerprint density at radius 3 is 2.44 bits per heavy atom. The number of amides is 2. The third-order valence-corrected chi connectivity index (χ3v) is 3.77. The second-order valence-electron chi connectivity index (χ2n) is 4.68. The molecular formula is C12H22N2O3S. The lowest BCUT2D eigenvalue weighted by molar-refractivity contribution is -0.140. The molecule has 0 aromatic heterocycles. The maximum absolute atomic E-state index is 11.4. The van der Waals surface area contributed by atoms with Crippen LogP contribution in [0.25, 0.3) is 0 Å². The first-order valence-corrected chi connectivity index (χ1v) is 7.78. The first-order chi connectivity index (χ1) is 8.60. The molecule has 0 unspecified atom stereocenters. The van der Waals surface area contributed by atoms with Crippen LogP contribution in [-0.2, 0) is 4.79 Å². The molecule has 1 rings (SSSR count). The zero-order valence-corrected chi connectivity index (χ0v) is 11.6. The van der Waals surface area contributed by atoms with Gasteiger partial charge in [-0.05, 0) is 37.7 Å². The molecular weight excluding hydrogens is 252 g/mol. The summed E-state index contributed by atoms with van der Waals surface area (Å²) in [6, 6.07) is -0.362. The molecule has 0 radical (unpaired) electrons. The Morgan fingerprint density at radius 1 is 1.22 bits per heavy atom. The van der Waals surface area contributed by atoms with Crippen molar-refractivity contribution in [3.8, 4) is 0 Å². The summed E-state index contributed by atoms with van der Waals surface area (Å²) in [5.41, 5.74) is -0.984. The molecule has 0 saturated heterocycles. The van der Waals surface area contributed by atoms with Gasteiger partial charge in [0.1, 0.15) is 5.54 Å². The highest BCUT2D eigenvalue weighted by molar-refractivity contribution is 7.98. The van der Waals surface area contributed by atoms with Crippen molar-refractivity contribution < 1.29 is 14.7 Å². The van der Waals surface area contributed by atoms with E-state index in [0.29, 0.717) is 19.4 Å². The Morgan fingerprint density at radius 2 is 1.89 bits per heavy atom. The molecule has 104 valence electrons. The van der Waals surface area contributed by atoms with Crippen LogP contribution in [0, 0.1) is 0 Å². The summed E-state index contributed by atoms with van der Waals surface area (Å²) in [6.45, 7) is 0.612. The van der Waals surface area contributed by atoms with Gasteiger partial charge < -0.3 is 15.7 Å². The Kier molecular flexibility index (Phi) is 6.32. The van der Waals surface area contributed by atoms with Crippen LogP contribution in [0.1, 0.15) is 38.5 Å². The van der Waals surface area contributed by atoms with Crippen LogP contribution in [0.4, 0.5) is 4.79 Å². The molecule has 0 aliphatic heterocycles. The third kappa shape index (κ3) is 5.16. The number of nitrogens with one attached hydrogen (secondary N) is 2. The molecule has 0 aromatic rings. The highest BCUT2D eigenvalue weighted by atomic mass is 32.2. The van der Waals surface area contributed by atoms with E-state index in [1.165, 1.54) is 18.6 Å². The summed E-state index contributed by atoms with van der Waals surface area (Å²) in [4.78, 5) is 22.3. The topological polar surface area (TPSA) is 78.4 Å². The average Bonchev–Trinajstić information content (AvgIpc) is 3.09. The van der Waals surface area contributed by atoms with Crippen LogP contribution in [0.3, 0.4) is 0 Å². The SMILES string of the molecule is CSCCCCCCNC(=O)NC1(C(=O)O)CC1. The van der Waals surface area contributed by atoms with Crippen molar-refractivity contribution in [2.24, 2.45) is 0 Å². The van der Waals surface area contributed by atoms with Crippen LogP contribution in [0.2, 0.25) is 0 Å². The molecule has 5 nitrogen and oxygen atoms in total. The first kappa shape index (κ1) is 15.1. The Hall–Kier alpha value is -0.910. The van der Waals surface area contributed by atoms with E-state index >= 15 is 0 Å². The van der Waals surface area contributed by atoms with Crippen LogP contribution in [-0.4, -0.2) is 41.2 Å². The fourth-order valence-corrected chi connectivity index (χ4v) is 2.20. The molecule has 1 fully saturated rings. The number of rotatable bonds is 9. The summed E-state index contributed by atoms with van der Waals surface area (Å²) in [7, 11) is 0. The van der Waals surface area contributed by atoms with Gasteiger partial charge in [-0.15, -0.1) is 0 Å². The van der Waals surface area contributed by atoms with E-state index in [-0.39, 0.29) is 6.03 Å². The predicted molar refractivity (Wildman–Crippen MR) is 73.0 cm³/mol. The van der Waals surface area contributed by atoms with Gasteiger partial charge in [0.05, 0.1) is 0 Å². The van der Waals surface area contributed by atoms with Crippen molar-refractivity contribution in [1.82, 2.24) is 10.6 Å². The molecule has 1 saturated carbocycles. The van der Waals surface area contributed by atoms with Crippen LogP contribution in [0.5, 0.6) is 0 Å².